The summed E-state index contributed by atoms with van der Waals surface area (Å²) in [6.07, 6.45) is 2.63. The second kappa shape index (κ2) is 6.57. The van der Waals surface area contributed by atoms with Crippen LogP contribution in [0.25, 0.3) is 0 Å². The number of benzene rings is 2. The first-order chi connectivity index (χ1) is 13.2. The van der Waals surface area contributed by atoms with E-state index in [1.807, 2.05) is 11.0 Å². The zero-order valence-electron chi connectivity index (χ0n) is 16.6. The lowest BCUT2D eigenvalue weighted by Crippen LogP contribution is -2.49. The smallest absolute Gasteiger partial charge is 0.254 e. The van der Waals surface area contributed by atoms with E-state index in [9.17, 15) is 13.6 Å². The van der Waals surface area contributed by atoms with E-state index < -0.39 is 0 Å². The fourth-order valence-electron chi connectivity index (χ4n) is 5.03. The standard InChI is InChI=1S/C23H26F2N2O/c1-16-8-9-17(12-20(16)25)21(28)26-11-5-10-23(26)14-22(2,3)27(15-23)19-7-4-6-18(24)13-19/h4,6-9,12-13H,5,10-11,14-15H2,1-3H3. The van der Waals surface area contributed by atoms with Gasteiger partial charge in [0.2, 0.25) is 0 Å². The molecule has 2 saturated heterocycles. The minimum absolute atomic E-state index is 0.117. The van der Waals surface area contributed by atoms with E-state index in [-0.39, 0.29) is 28.6 Å². The van der Waals surface area contributed by atoms with Crippen LogP contribution in [0, 0.1) is 18.6 Å². The van der Waals surface area contributed by atoms with E-state index in [1.165, 1.54) is 12.1 Å². The van der Waals surface area contributed by atoms with Gasteiger partial charge in [0.1, 0.15) is 11.6 Å². The molecule has 0 bridgehead atoms. The van der Waals surface area contributed by atoms with Gasteiger partial charge in [-0.15, -0.1) is 0 Å². The molecule has 1 spiro atoms. The van der Waals surface area contributed by atoms with E-state index in [0.717, 1.165) is 24.9 Å². The lowest BCUT2D eigenvalue weighted by molar-refractivity contribution is 0.0617. The summed E-state index contributed by atoms with van der Waals surface area (Å²) in [6, 6.07) is 11.3. The molecule has 0 N–H and O–H groups in total. The topological polar surface area (TPSA) is 23.6 Å². The van der Waals surface area contributed by atoms with Crippen molar-refractivity contribution in [3.8, 4) is 0 Å². The van der Waals surface area contributed by atoms with Gasteiger partial charge < -0.3 is 9.80 Å². The molecule has 1 unspecified atom stereocenters. The van der Waals surface area contributed by atoms with Gasteiger partial charge in [0.25, 0.3) is 5.91 Å². The number of carbonyl (C=O) groups is 1. The molecule has 0 saturated carbocycles. The molecule has 5 heteroatoms. The quantitative estimate of drug-likeness (QED) is 0.732. The molecule has 2 aliphatic heterocycles. The van der Waals surface area contributed by atoms with Crippen LogP contribution in [0.4, 0.5) is 14.5 Å². The van der Waals surface area contributed by atoms with Crippen LogP contribution < -0.4 is 4.90 Å². The second-order valence-corrected chi connectivity index (χ2v) is 8.80. The molecule has 2 fully saturated rings. The lowest BCUT2D eigenvalue weighted by atomic mass is 9.87. The molecule has 2 aromatic rings. The van der Waals surface area contributed by atoms with Gasteiger partial charge in [-0.25, -0.2) is 8.78 Å². The van der Waals surface area contributed by atoms with Crippen molar-refractivity contribution < 1.29 is 13.6 Å². The Morgan fingerprint density at radius 2 is 1.89 bits per heavy atom. The third kappa shape index (κ3) is 3.07. The van der Waals surface area contributed by atoms with Crippen LogP contribution >= 0.6 is 0 Å². The molecule has 1 amide bonds. The molecule has 4 rings (SSSR count). The SMILES string of the molecule is Cc1ccc(C(=O)N2CCCC23CN(c2cccc(F)c2)C(C)(C)C3)cc1F. The number of halogens is 2. The molecular weight excluding hydrogens is 358 g/mol. The Labute approximate surface area is 165 Å². The molecule has 0 aromatic heterocycles. The van der Waals surface area contributed by atoms with Gasteiger partial charge in [0.05, 0.1) is 5.54 Å². The average Bonchev–Trinajstić information content (AvgIpc) is 3.16. The summed E-state index contributed by atoms with van der Waals surface area (Å²) in [6.45, 7) is 7.29. The Kier molecular flexibility index (Phi) is 4.44. The van der Waals surface area contributed by atoms with Gasteiger partial charge in [-0.05, 0) is 75.9 Å². The van der Waals surface area contributed by atoms with Crippen molar-refractivity contribution in [3.63, 3.8) is 0 Å². The highest BCUT2D eigenvalue weighted by Crippen LogP contribution is 2.47. The molecule has 1 atom stereocenters. The number of likely N-dealkylation sites (tertiary alicyclic amines) is 1. The minimum atomic E-state index is -0.354. The van der Waals surface area contributed by atoms with Crippen LogP contribution in [0.1, 0.15) is 49.0 Å². The first-order valence-electron chi connectivity index (χ1n) is 9.83. The second-order valence-electron chi connectivity index (χ2n) is 8.80. The van der Waals surface area contributed by atoms with Crippen LogP contribution in [-0.4, -0.2) is 35.0 Å². The zero-order valence-corrected chi connectivity index (χ0v) is 16.6. The Morgan fingerprint density at radius 3 is 2.61 bits per heavy atom. The van der Waals surface area contributed by atoms with Crippen molar-refractivity contribution in [1.29, 1.82) is 0 Å². The molecular formula is C23H26F2N2O. The molecule has 3 nitrogen and oxygen atoms in total. The highest BCUT2D eigenvalue weighted by molar-refractivity contribution is 5.95. The average molecular weight is 384 g/mol. The normalized spacial score (nSPS) is 23.6. The molecule has 2 aromatic carbocycles. The third-order valence-electron chi connectivity index (χ3n) is 6.33. The molecule has 2 heterocycles. The number of aryl methyl sites for hydroxylation is 1. The molecule has 28 heavy (non-hydrogen) atoms. The van der Waals surface area contributed by atoms with E-state index in [0.29, 0.717) is 24.2 Å². The van der Waals surface area contributed by atoms with Crippen molar-refractivity contribution in [2.45, 2.75) is 51.1 Å². The monoisotopic (exact) mass is 384 g/mol. The summed E-state index contributed by atoms with van der Waals surface area (Å²) in [5, 5.41) is 0. The van der Waals surface area contributed by atoms with Gasteiger partial charge >= 0.3 is 0 Å². The van der Waals surface area contributed by atoms with E-state index >= 15 is 0 Å². The number of amides is 1. The van der Waals surface area contributed by atoms with Crippen molar-refractivity contribution in [3.05, 3.63) is 65.2 Å². The van der Waals surface area contributed by atoms with Crippen LogP contribution in [0.2, 0.25) is 0 Å². The first-order valence-corrected chi connectivity index (χ1v) is 9.83. The van der Waals surface area contributed by atoms with Gasteiger partial charge in [-0.2, -0.15) is 0 Å². The maximum atomic E-state index is 14.0. The van der Waals surface area contributed by atoms with E-state index in [2.05, 4.69) is 18.7 Å². The fourth-order valence-corrected chi connectivity index (χ4v) is 5.03. The number of hydrogen-bond donors (Lipinski definition) is 0. The lowest BCUT2D eigenvalue weighted by Gasteiger charge is -2.35. The highest BCUT2D eigenvalue weighted by Gasteiger charge is 2.54. The third-order valence-corrected chi connectivity index (χ3v) is 6.33. The van der Waals surface area contributed by atoms with Crippen LogP contribution in [0.15, 0.2) is 42.5 Å². The molecule has 148 valence electrons. The van der Waals surface area contributed by atoms with Gasteiger partial charge in [-0.1, -0.05) is 12.1 Å². The number of nitrogens with zero attached hydrogens (tertiary/aromatic N) is 2. The number of carbonyl (C=O) groups excluding carboxylic acids is 1. The summed E-state index contributed by atoms with van der Waals surface area (Å²) >= 11 is 0. The Hall–Kier alpha value is -2.43. The largest absolute Gasteiger partial charge is 0.364 e. The predicted octanol–water partition coefficient (Wildman–Crippen LogP) is 4.94. The Morgan fingerprint density at radius 1 is 1.11 bits per heavy atom. The fraction of sp³-hybridized carbons (Fsp3) is 0.435. The molecule has 2 aliphatic rings. The summed E-state index contributed by atoms with van der Waals surface area (Å²) in [4.78, 5) is 17.4. The van der Waals surface area contributed by atoms with Gasteiger partial charge in [0, 0.05) is 29.9 Å². The van der Waals surface area contributed by atoms with Crippen LogP contribution in [0.5, 0.6) is 0 Å². The van der Waals surface area contributed by atoms with Crippen molar-refractivity contribution in [1.82, 2.24) is 4.90 Å². The van der Waals surface area contributed by atoms with Crippen molar-refractivity contribution in [2.75, 3.05) is 18.0 Å². The first kappa shape index (κ1) is 18.9. The van der Waals surface area contributed by atoms with Crippen molar-refractivity contribution >= 4 is 11.6 Å². The predicted molar refractivity (Wildman–Crippen MR) is 107 cm³/mol. The van der Waals surface area contributed by atoms with Crippen LogP contribution in [-0.2, 0) is 0 Å². The maximum Gasteiger partial charge on any atom is 0.254 e. The van der Waals surface area contributed by atoms with Gasteiger partial charge in [0.15, 0.2) is 0 Å². The number of rotatable bonds is 2. The number of anilines is 1. The maximum absolute atomic E-state index is 14.0. The van der Waals surface area contributed by atoms with E-state index in [4.69, 9.17) is 0 Å². The molecule has 0 aliphatic carbocycles. The van der Waals surface area contributed by atoms with E-state index in [1.54, 1.807) is 31.2 Å². The number of hydrogen-bond acceptors (Lipinski definition) is 2. The summed E-state index contributed by atoms with van der Waals surface area (Å²) < 4.78 is 27.8. The van der Waals surface area contributed by atoms with Gasteiger partial charge in [-0.3, -0.25) is 4.79 Å². The summed E-state index contributed by atoms with van der Waals surface area (Å²) in [5.41, 5.74) is 1.24. The summed E-state index contributed by atoms with van der Waals surface area (Å²) in [5.74, 6) is -0.732. The zero-order chi connectivity index (χ0) is 20.1. The summed E-state index contributed by atoms with van der Waals surface area (Å²) in [7, 11) is 0. The molecule has 0 radical (unpaired) electrons. The Bertz CT molecular complexity index is 927. The van der Waals surface area contributed by atoms with Crippen LogP contribution in [0.3, 0.4) is 0 Å². The minimum Gasteiger partial charge on any atom is -0.364 e. The highest BCUT2D eigenvalue weighted by atomic mass is 19.1. The van der Waals surface area contributed by atoms with Crippen molar-refractivity contribution in [2.24, 2.45) is 0 Å². The Balaban J connectivity index is 1.66.